The maximum Gasteiger partial charge on any atom is 0.128 e. The van der Waals surface area contributed by atoms with Crippen LogP contribution in [0.2, 0.25) is 5.02 Å². The van der Waals surface area contributed by atoms with Crippen LogP contribution in [0.4, 0.5) is 0 Å². The third kappa shape index (κ3) is 7.15. The van der Waals surface area contributed by atoms with E-state index in [-0.39, 0.29) is 0 Å². The molecule has 0 radical (unpaired) electrons. The molecule has 0 unspecified atom stereocenters. The van der Waals surface area contributed by atoms with Gasteiger partial charge in [-0.2, -0.15) is 0 Å². The van der Waals surface area contributed by atoms with Crippen molar-refractivity contribution in [3.05, 3.63) is 58.1 Å². The number of aromatic nitrogens is 2. The number of halogens is 1. The Morgan fingerprint density at radius 2 is 1.44 bits per heavy atom. The standard InChI is InChI=1S/C22H31ClN2/c1-3-5-7-9-18-11-13-20(21(23)15-18)14-12-19-16-24-22(25-17-19)10-8-6-4-2/h11,13,15-17H,3-10,12,14H2,1-2H3. The Morgan fingerprint density at radius 1 is 0.760 bits per heavy atom. The van der Waals surface area contributed by atoms with Crippen molar-refractivity contribution in [2.45, 2.75) is 78.1 Å². The van der Waals surface area contributed by atoms with Crippen LogP contribution >= 0.6 is 11.6 Å². The van der Waals surface area contributed by atoms with E-state index in [0.717, 1.165) is 36.5 Å². The largest absolute Gasteiger partial charge is 0.241 e. The summed E-state index contributed by atoms with van der Waals surface area (Å²) in [6, 6.07) is 6.55. The van der Waals surface area contributed by atoms with Gasteiger partial charge in [-0.05, 0) is 54.9 Å². The lowest BCUT2D eigenvalue weighted by atomic mass is 10.0. The van der Waals surface area contributed by atoms with E-state index < -0.39 is 0 Å². The number of hydrogen-bond acceptors (Lipinski definition) is 2. The summed E-state index contributed by atoms with van der Waals surface area (Å²) in [5.41, 5.74) is 3.75. The highest BCUT2D eigenvalue weighted by atomic mass is 35.5. The highest BCUT2D eigenvalue weighted by Crippen LogP contribution is 2.21. The zero-order valence-electron chi connectivity index (χ0n) is 15.7. The fourth-order valence-electron chi connectivity index (χ4n) is 2.98. The van der Waals surface area contributed by atoms with E-state index in [4.69, 9.17) is 11.6 Å². The first-order valence-electron chi connectivity index (χ1n) is 9.80. The van der Waals surface area contributed by atoms with Crippen LogP contribution < -0.4 is 0 Å². The fourth-order valence-corrected chi connectivity index (χ4v) is 3.28. The van der Waals surface area contributed by atoms with Crippen molar-refractivity contribution in [3.8, 4) is 0 Å². The first kappa shape index (κ1) is 19.9. The average molecular weight is 359 g/mol. The normalized spacial score (nSPS) is 11.0. The zero-order valence-corrected chi connectivity index (χ0v) is 16.5. The minimum Gasteiger partial charge on any atom is -0.241 e. The maximum absolute atomic E-state index is 6.47. The molecule has 0 spiro atoms. The monoisotopic (exact) mass is 358 g/mol. The molecule has 25 heavy (non-hydrogen) atoms. The molecule has 2 aromatic rings. The summed E-state index contributed by atoms with van der Waals surface area (Å²) in [5.74, 6) is 0.965. The van der Waals surface area contributed by atoms with Gasteiger partial charge in [0.05, 0.1) is 0 Å². The summed E-state index contributed by atoms with van der Waals surface area (Å²) in [7, 11) is 0. The Hall–Kier alpha value is -1.41. The molecule has 1 aromatic carbocycles. The molecule has 3 heteroatoms. The molecule has 0 N–H and O–H groups in total. The van der Waals surface area contributed by atoms with Gasteiger partial charge in [-0.25, -0.2) is 9.97 Å². The number of benzene rings is 1. The Kier molecular flexibility index (Phi) is 8.96. The van der Waals surface area contributed by atoms with Crippen LogP contribution in [0.1, 0.15) is 74.9 Å². The molecular formula is C22H31ClN2. The molecule has 0 aliphatic carbocycles. The first-order valence-corrected chi connectivity index (χ1v) is 10.2. The van der Waals surface area contributed by atoms with Gasteiger partial charge in [0.2, 0.25) is 0 Å². The van der Waals surface area contributed by atoms with Crippen LogP contribution in [-0.4, -0.2) is 9.97 Å². The van der Waals surface area contributed by atoms with E-state index in [1.165, 1.54) is 55.2 Å². The lowest BCUT2D eigenvalue weighted by Gasteiger charge is -2.08. The van der Waals surface area contributed by atoms with Crippen molar-refractivity contribution in [2.75, 3.05) is 0 Å². The van der Waals surface area contributed by atoms with Crippen LogP contribution in [0, 0.1) is 0 Å². The van der Waals surface area contributed by atoms with Crippen molar-refractivity contribution in [2.24, 2.45) is 0 Å². The molecule has 0 saturated heterocycles. The van der Waals surface area contributed by atoms with E-state index >= 15 is 0 Å². The van der Waals surface area contributed by atoms with Crippen molar-refractivity contribution in [1.82, 2.24) is 9.97 Å². The molecule has 2 nitrogen and oxygen atoms in total. The summed E-state index contributed by atoms with van der Waals surface area (Å²) in [4.78, 5) is 8.99. The predicted molar refractivity (Wildman–Crippen MR) is 107 cm³/mol. The molecule has 0 amide bonds. The smallest absolute Gasteiger partial charge is 0.128 e. The highest BCUT2D eigenvalue weighted by Gasteiger charge is 2.04. The van der Waals surface area contributed by atoms with Gasteiger partial charge >= 0.3 is 0 Å². The third-order valence-electron chi connectivity index (χ3n) is 4.63. The SMILES string of the molecule is CCCCCc1ccc(CCc2cnc(CCCCC)nc2)c(Cl)c1. The Balaban J connectivity index is 1.84. The lowest BCUT2D eigenvalue weighted by molar-refractivity contribution is 0.691. The second-order valence-corrected chi connectivity index (χ2v) is 7.25. The van der Waals surface area contributed by atoms with Crippen molar-refractivity contribution in [3.63, 3.8) is 0 Å². The van der Waals surface area contributed by atoms with Crippen molar-refractivity contribution >= 4 is 11.6 Å². The van der Waals surface area contributed by atoms with Gasteiger partial charge in [-0.1, -0.05) is 63.3 Å². The van der Waals surface area contributed by atoms with Gasteiger partial charge in [0.1, 0.15) is 5.82 Å². The number of unbranched alkanes of at least 4 members (excludes halogenated alkanes) is 4. The summed E-state index contributed by atoms with van der Waals surface area (Å²) >= 11 is 6.47. The summed E-state index contributed by atoms with van der Waals surface area (Å²) in [6.45, 7) is 4.45. The van der Waals surface area contributed by atoms with Crippen LogP contribution in [0.5, 0.6) is 0 Å². The molecule has 0 aliphatic rings. The molecule has 1 heterocycles. The topological polar surface area (TPSA) is 25.8 Å². The van der Waals surface area contributed by atoms with Gasteiger partial charge in [0.25, 0.3) is 0 Å². The Morgan fingerprint density at radius 3 is 2.08 bits per heavy atom. The molecule has 0 saturated carbocycles. The summed E-state index contributed by atoms with van der Waals surface area (Å²) < 4.78 is 0. The van der Waals surface area contributed by atoms with Gasteiger partial charge in [0.15, 0.2) is 0 Å². The maximum atomic E-state index is 6.47. The molecule has 2 rings (SSSR count). The van der Waals surface area contributed by atoms with Gasteiger partial charge < -0.3 is 0 Å². The van der Waals surface area contributed by atoms with E-state index in [1.807, 2.05) is 12.4 Å². The van der Waals surface area contributed by atoms with E-state index in [0.29, 0.717) is 0 Å². The van der Waals surface area contributed by atoms with Crippen molar-refractivity contribution < 1.29 is 0 Å². The summed E-state index contributed by atoms with van der Waals surface area (Å²) in [6.07, 6.45) is 15.4. The molecular weight excluding hydrogens is 328 g/mol. The minimum atomic E-state index is 0.895. The van der Waals surface area contributed by atoms with Crippen LogP contribution in [0.25, 0.3) is 0 Å². The number of aryl methyl sites for hydroxylation is 4. The fraction of sp³-hybridized carbons (Fsp3) is 0.545. The third-order valence-corrected chi connectivity index (χ3v) is 4.98. The second-order valence-electron chi connectivity index (χ2n) is 6.85. The van der Waals surface area contributed by atoms with E-state index in [1.54, 1.807) is 0 Å². The zero-order chi connectivity index (χ0) is 17.9. The number of rotatable bonds is 11. The summed E-state index contributed by atoms with van der Waals surface area (Å²) in [5, 5.41) is 0.895. The van der Waals surface area contributed by atoms with E-state index in [9.17, 15) is 0 Å². The van der Waals surface area contributed by atoms with Gasteiger partial charge in [-0.3, -0.25) is 0 Å². The lowest BCUT2D eigenvalue weighted by Crippen LogP contribution is -1.99. The molecule has 0 bridgehead atoms. The van der Waals surface area contributed by atoms with Crippen LogP contribution in [0.3, 0.4) is 0 Å². The van der Waals surface area contributed by atoms with Crippen LogP contribution in [0.15, 0.2) is 30.6 Å². The second kappa shape index (κ2) is 11.3. The predicted octanol–water partition coefficient (Wildman–Crippen LogP) is 6.38. The molecule has 0 atom stereocenters. The first-order chi connectivity index (χ1) is 12.2. The van der Waals surface area contributed by atoms with Crippen molar-refractivity contribution in [1.29, 1.82) is 0 Å². The van der Waals surface area contributed by atoms with Gasteiger partial charge in [0, 0.05) is 23.8 Å². The molecule has 1 aromatic heterocycles. The highest BCUT2D eigenvalue weighted by molar-refractivity contribution is 6.31. The Labute approximate surface area is 158 Å². The quantitative estimate of drug-likeness (QED) is 0.435. The number of nitrogens with zero attached hydrogens (tertiary/aromatic N) is 2. The molecule has 0 aliphatic heterocycles. The molecule has 0 fully saturated rings. The number of hydrogen-bond donors (Lipinski definition) is 0. The van der Waals surface area contributed by atoms with Gasteiger partial charge in [-0.15, -0.1) is 0 Å². The Bertz CT molecular complexity index is 622. The average Bonchev–Trinajstić information content (AvgIpc) is 2.62. The van der Waals surface area contributed by atoms with Crippen LogP contribution in [-0.2, 0) is 25.7 Å². The van der Waals surface area contributed by atoms with E-state index in [2.05, 4.69) is 42.0 Å². The molecule has 136 valence electrons. The minimum absolute atomic E-state index is 0.895.